The summed E-state index contributed by atoms with van der Waals surface area (Å²) in [5.41, 5.74) is 0.975. The predicted molar refractivity (Wildman–Crippen MR) is 55.0 cm³/mol. The number of isothiocyanates is 1. The van der Waals surface area contributed by atoms with Crippen LogP contribution in [0.25, 0.3) is 0 Å². The van der Waals surface area contributed by atoms with E-state index in [9.17, 15) is 4.79 Å². The summed E-state index contributed by atoms with van der Waals surface area (Å²) >= 11 is 5.83. The second kappa shape index (κ2) is 4.87. The molecule has 0 aliphatic carbocycles. The number of thiophene rings is 1. The Balaban J connectivity index is 2.93. The van der Waals surface area contributed by atoms with Crippen molar-refractivity contribution in [3.05, 3.63) is 16.3 Å². The van der Waals surface area contributed by atoms with Crippen molar-refractivity contribution in [3.63, 3.8) is 0 Å². The Kier molecular flexibility index (Phi) is 3.76. The second-order valence-corrected chi connectivity index (χ2v) is 3.02. The van der Waals surface area contributed by atoms with Crippen LogP contribution >= 0.6 is 23.6 Å². The molecular weight excluding hydrogens is 206 g/mol. The average Bonchev–Trinajstić information content (AvgIpc) is 2.54. The summed E-state index contributed by atoms with van der Waals surface area (Å²) in [4.78, 5) is 15.0. The Hall–Kier alpha value is -1.03. The summed E-state index contributed by atoms with van der Waals surface area (Å²) in [5.74, 6) is -0.368. The average molecular weight is 213 g/mol. The third-order valence-electron chi connectivity index (χ3n) is 1.30. The Labute approximate surface area is 85.1 Å². The van der Waals surface area contributed by atoms with Gasteiger partial charge >= 0.3 is 5.97 Å². The number of aliphatic imine (C=N–C) groups is 1. The Morgan fingerprint density at radius 1 is 1.77 bits per heavy atom. The van der Waals surface area contributed by atoms with E-state index in [1.807, 2.05) is 0 Å². The molecule has 1 aromatic rings. The molecule has 0 N–H and O–H groups in total. The number of nitrogens with zero attached hydrogens (tertiary/aromatic N) is 1. The zero-order valence-electron chi connectivity index (χ0n) is 6.94. The molecule has 0 aromatic carbocycles. The van der Waals surface area contributed by atoms with Gasteiger partial charge in [0.1, 0.15) is 0 Å². The maximum absolute atomic E-state index is 11.3. The maximum atomic E-state index is 11.3. The van der Waals surface area contributed by atoms with Gasteiger partial charge in [-0.15, -0.1) is 11.3 Å². The van der Waals surface area contributed by atoms with E-state index in [1.54, 1.807) is 17.7 Å². The van der Waals surface area contributed by atoms with Crippen LogP contribution in [-0.2, 0) is 4.74 Å². The van der Waals surface area contributed by atoms with Crippen LogP contribution in [0.4, 0.5) is 5.69 Å². The zero-order chi connectivity index (χ0) is 9.68. The van der Waals surface area contributed by atoms with Crippen molar-refractivity contribution in [2.45, 2.75) is 6.92 Å². The largest absolute Gasteiger partial charge is 0.462 e. The highest BCUT2D eigenvalue weighted by molar-refractivity contribution is 7.78. The van der Waals surface area contributed by atoms with Gasteiger partial charge in [-0.2, -0.15) is 4.99 Å². The summed E-state index contributed by atoms with van der Waals surface area (Å²) in [6.45, 7) is 2.11. The van der Waals surface area contributed by atoms with E-state index in [4.69, 9.17) is 4.74 Å². The molecule has 0 amide bonds. The van der Waals surface area contributed by atoms with Gasteiger partial charge in [-0.05, 0) is 19.1 Å². The van der Waals surface area contributed by atoms with Gasteiger partial charge in [0.2, 0.25) is 0 Å². The molecule has 0 saturated carbocycles. The van der Waals surface area contributed by atoms with E-state index in [2.05, 4.69) is 22.4 Å². The molecule has 3 nitrogen and oxygen atoms in total. The highest BCUT2D eigenvalue weighted by Gasteiger charge is 2.12. The van der Waals surface area contributed by atoms with Gasteiger partial charge in [-0.3, -0.25) is 0 Å². The van der Waals surface area contributed by atoms with Gasteiger partial charge in [0.05, 0.1) is 23.0 Å². The number of ether oxygens (including phenoxy) is 1. The molecule has 0 unspecified atom stereocenters. The first kappa shape index (κ1) is 10.1. The quantitative estimate of drug-likeness (QED) is 0.440. The van der Waals surface area contributed by atoms with Crippen LogP contribution in [0.2, 0.25) is 0 Å². The lowest BCUT2D eigenvalue weighted by atomic mass is 10.3. The molecular formula is C8H7NO2S2. The lowest BCUT2D eigenvalue weighted by Gasteiger charge is -1.98. The van der Waals surface area contributed by atoms with E-state index in [0.29, 0.717) is 17.9 Å². The summed E-state index contributed by atoms with van der Waals surface area (Å²) in [6, 6.07) is 0. The van der Waals surface area contributed by atoms with E-state index in [-0.39, 0.29) is 5.97 Å². The van der Waals surface area contributed by atoms with Crippen LogP contribution in [0.15, 0.2) is 15.8 Å². The van der Waals surface area contributed by atoms with Gasteiger partial charge in [0.15, 0.2) is 0 Å². The van der Waals surface area contributed by atoms with E-state index in [0.717, 1.165) is 0 Å². The second-order valence-electron chi connectivity index (χ2n) is 2.09. The molecule has 0 fully saturated rings. The first-order chi connectivity index (χ1) is 6.29. The number of rotatable bonds is 3. The summed E-state index contributed by atoms with van der Waals surface area (Å²) < 4.78 is 4.82. The fraction of sp³-hybridized carbons (Fsp3) is 0.250. The maximum Gasteiger partial charge on any atom is 0.341 e. The Morgan fingerprint density at radius 3 is 3.15 bits per heavy atom. The molecule has 1 aromatic heterocycles. The van der Waals surface area contributed by atoms with E-state index in [1.165, 1.54) is 11.3 Å². The van der Waals surface area contributed by atoms with Crippen LogP contribution in [0.5, 0.6) is 0 Å². The molecule has 0 radical (unpaired) electrons. The van der Waals surface area contributed by atoms with Crippen LogP contribution in [0, 0.1) is 0 Å². The minimum Gasteiger partial charge on any atom is -0.462 e. The van der Waals surface area contributed by atoms with Crippen molar-refractivity contribution in [1.29, 1.82) is 0 Å². The highest BCUT2D eigenvalue weighted by atomic mass is 32.1. The molecule has 0 aliphatic rings. The Morgan fingerprint density at radius 2 is 2.54 bits per heavy atom. The third-order valence-corrected chi connectivity index (χ3v) is 2.13. The monoisotopic (exact) mass is 213 g/mol. The number of esters is 1. The van der Waals surface area contributed by atoms with Crippen molar-refractivity contribution in [2.24, 2.45) is 4.99 Å². The van der Waals surface area contributed by atoms with Crippen LogP contribution in [0.3, 0.4) is 0 Å². The fourth-order valence-corrected chi connectivity index (χ4v) is 1.62. The molecule has 68 valence electrons. The molecule has 1 heterocycles. The molecule has 0 spiro atoms. The SMILES string of the molecule is CCOC(=O)c1cscc1N=C=S. The molecule has 5 heteroatoms. The first-order valence-electron chi connectivity index (χ1n) is 3.60. The molecule has 0 bridgehead atoms. The molecule has 0 atom stereocenters. The van der Waals surface area contributed by atoms with E-state index >= 15 is 0 Å². The Bertz CT molecular complexity index is 353. The molecule has 0 aliphatic heterocycles. The number of carbonyl (C=O) groups excluding carboxylic acids is 1. The zero-order valence-corrected chi connectivity index (χ0v) is 8.58. The number of hydrogen-bond acceptors (Lipinski definition) is 5. The van der Waals surface area contributed by atoms with Gasteiger partial charge in [-0.25, -0.2) is 4.79 Å². The van der Waals surface area contributed by atoms with Gasteiger partial charge in [0.25, 0.3) is 0 Å². The summed E-state index contributed by atoms with van der Waals surface area (Å²) in [7, 11) is 0. The van der Waals surface area contributed by atoms with Gasteiger partial charge in [0, 0.05) is 10.8 Å². The number of hydrogen-bond donors (Lipinski definition) is 0. The van der Waals surface area contributed by atoms with E-state index < -0.39 is 0 Å². The molecule has 13 heavy (non-hydrogen) atoms. The van der Waals surface area contributed by atoms with Crippen LogP contribution in [0.1, 0.15) is 17.3 Å². The van der Waals surface area contributed by atoms with Crippen molar-refractivity contribution in [2.75, 3.05) is 6.61 Å². The fourth-order valence-electron chi connectivity index (χ4n) is 0.788. The van der Waals surface area contributed by atoms with Gasteiger partial charge in [-0.1, -0.05) is 0 Å². The molecule has 1 rings (SSSR count). The highest BCUT2D eigenvalue weighted by Crippen LogP contribution is 2.24. The van der Waals surface area contributed by atoms with Gasteiger partial charge < -0.3 is 4.74 Å². The summed E-state index contributed by atoms with van der Waals surface area (Å²) in [5, 5.41) is 5.63. The minimum atomic E-state index is -0.368. The molecule has 0 saturated heterocycles. The first-order valence-corrected chi connectivity index (χ1v) is 4.96. The van der Waals surface area contributed by atoms with Crippen molar-refractivity contribution in [3.8, 4) is 0 Å². The standard InChI is InChI=1S/C8H7NO2S2/c1-2-11-8(10)6-3-13-4-7(6)9-5-12/h3-4H,2H2,1H3. The minimum absolute atomic E-state index is 0.357. The predicted octanol–water partition coefficient (Wildman–Crippen LogP) is 2.66. The third kappa shape index (κ3) is 2.45. The van der Waals surface area contributed by atoms with Crippen molar-refractivity contribution < 1.29 is 9.53 Å². The smallest absolute Gasteiger partial charge is 0.341 e. The van der Waals surface area contributed by atoms with Crippen molar-refractivity contribution >= 4 is 40.4 Å². The van der Waals surface area contributed by atoms with Crippen LogP contribution < -0.4 is 0 Å². The lowest BCUT2D eigenvalue weighted by Crippen LogP contribution is -2.02. The number of thiocarbonyl (C=S) groups is 1. The van der Waals surface area contributed by atoms with Crippen molar-refractivity contribution in [1.82, 2.24) is 0 Å². The topological polar surface area (TPSA) is 38.7 Å². The summed E-state index contributed by atoms with van der Waals surface area (Å²) in [6.07, 6.45) is 0. The van der Waals surface area contributed by atoms with Crippen LogP contribution in [-0.4, -0.2) is 17.7 Å². The lowest BCUT2D eigenvalue weighted by molar-refractivity contribution is 0.0528. The normalized spacial score (nSPS) is 9.00. The number of carbonyl (C=O) groups is 1.